The Labute approximate surface area is 216 Å². The minimum atomic E-state index is -2.07. The van der Waals surface area contributed by atoms with Crippen LogP contribution in [-0.4, -0.2) is 60.6 Å². The first-order chi connectivity index (χ1) is 18.4. The second kappa shape index (κ2) is 10.0. The highest BCUT2D eigenvalue weighted by atomic mass is 16.5. The number of anilines is 1. The summed E-state index contributed by atoms with van der Waals surface area (Å²) in [6.07, 6.45) is -1.65. The number of carboxylic acid groups (broad SMARTS) is 1. The minimum Gasteiger partial charge on any atom is -0.481 e. The zero-order chi connectivity index (χ0) is 26.9. The van der Waals surface area contributed by atoms with E-state index in [4.69, 9.17) is 4.74 Å². The normalized spacial score (nSPS) is 23.6. The predicted molar refractivity (Wildman–Crippen MR) is 133 cm³/mol. The molecule has 2 unspecified atom stereocenters. The van der Waals surface area contributed by atoms with Crippen molar-refractivity contribution in [2.45, 2.75) is 23.7 Å². The summed E-state index contributed by atoms with van der Waals surface area (Å²) in [6, 6.07) is 21.8. The van der Waals surface area contributed by atoms with Crippen LogP contribution in [0, 0.1) is 17.2 Å². The number of carbonyl (C=O) groups is 2. The van der Waals surface area contributed by atoms with Gasteiger partial charge < -0.3 is 25.4 Å². The van der Waals surface area contributed by atoms with E-state index in [2.05, 4.69) is 15.4 Å². The molecule has 1 saturated heterocycles. The van der Waals surface area contributed by atoms with Crippen LogP contribution < -0.4 is 5.32 Å². The van der Waals surface area contributed by atoms with Crippen molar-refractivity contribution in [2.75, 3.05) is 11.9 Å². The molecule has 1 fully saturated rings. The highest BCUT2D eigenvalue weighted by Gasteiger charge is 2.60. The van der Waals surface area contributed by atoms with E-state index in [9.17, 15) is 30.2 Å². The second-order valence-electron chi connectivity index (χ2n) is 8.88. The molecule has 0 aliphatic carbocycles. The van der Waals surface area contributed by atoms with Crippen molar-refractivity contribution in [3.05, 3.63) is 95.9 Å². The molecule has 0 bridgehead atoms. The molecule has 2 aromatic carbocycles. The number of carboxylic acids is 1. The van der Waals surface area contributed by atoms with Crippen LogP contribution >= 0.6 is 0 Å². The highest BCUT2D eigenvalue weighted by molar-refractivity contribution is 6.05. The van der Waals surface area contributed by atoms with Crippen molar-refractivity contribution >= 4 is 23.2 Å². The number of ether oxygens (including phenoxy) is 1. The smallest absolute Gasteiger partial charge is 0.311 e. The predicted octanol–water partition coefficient (Wildman–Crippen LogP) is 1.94. The van der Waals surface area contributed by atoms with Gasteiger partial charge in [-0.3, -0.25) is 9.59 Å². The zero-order valence-electron chi connectivity index (χ0n) is 19.9. The first-order valence-corrected chi connectivity index (χ1v) is 11.8. The molecule has 0 saturated carbocycles. The van der Waals surface area contributed by atoms with E-state index >= 15 is 0 Å². The number of fused-ring (bicyclic) bond motifs is 1. The third-order valence-electron chi connectivity index (χ3n) is 6.80. The van der Waals surface area contributed by atoms with E-state index in [0.717, 1.165) is 0 Å². The number of aliphatic hydroxyl groups is 2. The molecule has 192 valence electrons. The molecule has 4 N–H and O–H groups in total. The van der Waals surface area contributed by atoms with Gasteiger partial charge in [-0.05, 0) is 29.8 Å². The Kier molecular flexibility index (Phi) is 6.61. The van der Waals surface area contributed by atoms with E-state index in [1.165, 1.54) is 16.9 Å². The monoisotopic (exact) mass is 513 g/mol. The summed E-state index contributed by atoms with van der Waals surface area (Å²) in [4.78, 5) is 29.2. The molecule has 11 nitrogen and oxygen atoms in total. The third kappa shape index (κ3) is 4.06. The van der Waals surface area contributed by atoms with Crippen molar-refractivity contribution in [3.8, 4) is 6.07 Å². The maximum atomic E-state index is 12.7. The minimum absolute atomic E-state index is 0.0956. The SMILES string of the molecule is N#C[C@@]1(c2ccc3c(NC(=O)c4ccccc4)ncnn23)OC(CO)[C@@H](C(C(=O)O)c2ccccc2)[C@H]1O. The van der Waals surface area contributed by atoms with Gasteiger partial charge in [0.05, 0.1) is 24.3 Å². The first-order valence-electron chi connectivity index (χ1n) is 11.8. The Bertz CT molecular complexity index is 1520. The van der Waals surface area contributed by atoms with E-state index in [0.29, 0.717) is 16.6 Å². The van der Waals surface area contributed by atoms with Gasteiger partial charge in [0, 0.05) is 11.5 Å². The summed E-state index contributed by atoms with van der Waals surface area (Å²) in [5.41, 5.74) is -0.846. The summed E-state index contributed by atoms with van der Waals surface area (Å²) < 4.78 is 7.28. The number of amides is 1. The largest absolute Gasteiger partial charge is 0.481 e. The Morgan fingerprint density at radius 1 is 1.11 bits per heavy atom. The molecule has 1 aliphatic rings. The van der Waals surface area contributed by atoms with E-state index in [-0.39, 0.29) is 11.5 Å². The van der Waals surface area contributed by atoms with Crippen LogP contribution in [0.5, 0.6) is 0 Å². The average molecular weight is 514 g/mol. The lowest BCUT2D eigenvalue weighted by atomic mass is 9.76. The van der Waals surface area contributed by atoms with Crippen molar-refractivity contribution in [3.63, 3.8) is 0 Å². The molecule has 3 heterocycles. The van der Waals surface area contributed by atoms with Crippen LogP contribution in [-0.2, 0) is 15.1 Å². The van der Waals surface area contributed by atoms with Crippen LogP contribution in [0.15, 0.2) is 79.1 Å². The summed E-state index contributed by atoms with van der Waals surface area (Å²) >= 11 is 0. The van der Waals surface area contributed by atoms with Crippen LogP contribution in [0.1, 0.15) is 27.5 Å². The average Bonchev–Trinajstić information content (AvgIpc) is 3.50. The Morgan fingerprint density at radius 3 is 2.42 bits per heavy atom. The molecule has 2 aromatic heterocycles. The molecule has 1 aliphatic heterocycles. The fourth-order valence-electron chi connectivity index (χ4n) is 5.05. The molecule has 5 rings (SSSR count). The molecule has 1 amide bonds. The molecule has 0 spiro atoms. The van der Waals surface area contributed by atoms with Gasteiger partial charge in [-0.1, -0.05) is 48.5 Å². The quantitative estimate of drug-likeness (QED) is 0.288. The fraction of sp³-hybridized carbons (Fsp3) is 0.222. The van der Waals surface area contributed by atoms with Gasteiger partial charge in [0.25, 0.3) is 5.91 Å². The summed E-state index contributed by atoms with van der Waals surface area (Å²) in [6.45, 7) is -0.627. The van der Waals surface area contributed by atoms with Gasteiger partial charge in [0.15, 0.2) is 5.82 Å². The molecule has 0 radical (unpaired) electrons. The first kappa shape index (κ1) is 25.0. The lowest BCUT2D eigenvalue weighted by Gasteiger charge is -2.28. The number of rotatable bonds is 7. The molecule has 4 aromatic rings. The fourth-order valence-corrected chi connectivity index (χ4v) is 5.05. The van der Waals surface area contributed by atoms with Gasteiger partial charge in [-0.25, -0.2) is 9.50 Å². The number of nitrogens with one attached hydrogen (secondary N) is 1. The topological polar surface area (TPSA) is 170 Å². The third-order valence-corrected chi connectivity index (χ3v) is 6.80. The van der Waals surface area contributed by atoms with Crippen LogP contribution in [0.4, 0.5) is 5.82 Å². The lowest BCUT2D eigenvalue weighted by Crippen LogP contribution is -2.42. The highest BCUT2D eigenvalue weighted by Crippen LogP contribution is 2.48. The van der Waals surface area contributed by atoms with Crippen LogP contribution in [0.25, 0.3) is 5.52 Å². The summed E-state index contributed by atoms with van der Waals surface area (Å²) in [5.74, 6) is -3.91. The van der Waals surface area contributed by atoms with Crippen molar-refractivity contribution < 1.29 is 29.6 Å². The summed E-state index contributed by atoms with van der Waals surface area (Å²) in [5, 5.41) is 48.9. The van der Waals surface area contributed by atoms with Gasteiger partial charge in [0.1, 0.15) is 24.0 Å². The maximum absolute atomic E-state index is 12.7. The number of nitriles is 1. The lowest BCUT2D eigenvalue weighted by molar-refractivity contribution is -0.142. The number of benzene rings is 2. The number of hydrogen-bond acceptors (Lipinski definition) is 8. The second-order valence-corrected chi connectivity index (χ2v) is 8.88. The van der Waals surface area contributed by atoms with Gasteiger partial charge in [-0.2, -0.15) is 10.4 Å². The number of carbonyl (C=O) groups excluding carboxylic acids is 1. The Morgan fingerprint density at radius 2 is 1.79 bits per heavy atom. The van der Waals surface area contributed by atoms with Crippen molar-refractivity contribution in [1.29, 1.82) is 5.26 Å². The molecule has 11 heteroatoms. The number of aliphatic carboxylic acids is 1. The number of aromatic nitrogens is 3. The van der Waals surface area contributed by atoms with Crippen molar-refractivity contribution in [1.82, 2.24) is 14.6 Å². The van der Waals surface area contributed by atoms with Gasteiger partial charge in [0.2, 0.25) is 5.60 Å². The van der Waals surface area contributed by atoms with E-state index < -0.39 is 48.1 Å². The zero-order valence-corrected chi connectivity index (χ0v) is 19.9. The van der Waals surface area contributed by atoms with Gasteiger partial charge >= 0.3 is 5.97 Å². The van der Waals surface area contributed by atoms with Gasteiger partial charge in [-0.15, -0.1) is 0 Å². The van der Waals surface area contributed by atoms with E-state index in [1.807, 2.05) is 6.07 Å². The maximum Gasteiger partial charge on any atom is 0.311 e. The summed E-state index contributed by atoms with van der Waals surface area (Å²) in [7, 11) is 0. The van der Waals surface area contributed by atoms with Crippen molar-refractivity contribution in [2.24, 2.45) is 5.92 Å². The standard InChI is InChI=1S/C27H23N5O6/c28-14-27(23(34)22(19(13-33)38-27)21(26(36)37)16-7-3-1-4-8-16)20-12-11-18-24(29-15-30-32(18)20)31-25(35)17-9-5-2-6-10-17/h1-12,15,19,21-23,33-34H,13H2,(H,36,37)(H,29,30,31,35)/t19?,21?,22-,23+,27-/m0/s1. The number of aliphatic hydroxyl groups excluding tert-OH is 2. The molecular weight excluding hydrogens is 490 g/mol. The molecular formula is C27H23N5O6. The van der Waals surface area contributed by atoms with E-state index in [1.54, 1.807) is 66.7 Å². The number of nitrogens with zero attached hydrogens (tertiary/aromatic N) is 4. The number of hydrogen-bond donors (Lipinski definition) is 4. The van der Waals surface area contributed by atoms with Crippen LogP contribution in [0.3, 0.4) is 0 Å². The Hall–Kier alpha value is -4.63. The molecule has 5 atom stereocenters. The Balaban J connectivity index is 1.56. The molecule has 38 heavy (non-hydrogen) atoms. The van der Waals surface area contributed by atoms with Crippen LogP contribution in [0.2, 0.25) is 0 Å².